The molecule has 0 aromatic carbocycles. The first kappa shape index (κ1) is 13.7. The van der Waals surface area contributed by atoms with Crippen LogP contribution in [-0.4, -0.2) is 39.0 Å². The van der Waals surface area contributed by atoms with Crippen molar-refractivity contribution in [3.05, 3.63) is 29.6 Å². The molecule has 1 aliphatic heterocycles. The summed E-state index contributed by atoms with van der Waals surface area (Å²) < 4.78 is 26.3. The number of carboxylic acid groups (broad SMARTS) is 1. The Kier molecular flexibility index (Phi) is 3.70. The Morgan fingerprint density at radius 1 is 1.47 bits per heavy atom. The number of halogens is 2. The normalized spacial score (nSPS) is 22.2. The van der Waals surface area contributed by atoms with E-state index in [-0.39, 0.29) is 12.2 Å². The maximum atomic E-state index is 13.4. The highest BCUT2D eigenvalue weighted by molar-refractivity contribution is 7.99. The number of aliphatic carboxylic acids is 1. The second-order valence-electron chi connectivity index (χ2n) is 4.11. The van der Waals surface area contributed by atoms with Gasteiger partial charge in [0, 0.05) is 11.9 Å². The summed E-state index contributed by atoms with van der Waals surface area (Å²) in [6.45, 7) is 0. The number of nitrogens with zero attached hydrogens (tertiary/aromatic N) is 1. The molecule has 102 valence electrons. The molecule has 8 heteroatoms. The van der Waals surface area contributed by atoms with Crippen molar-refractivity contribution in [1.82, 2.24) is 10.3 Å². The van der Waals surface area contributed by atoms with Crippen LogP contribution in [0.4, 0.5) is 8.78 Å². The average molecular weight is 288 g/mol. The number of hydrogen-bond acceptors (Lipinski definition) is 4. The molecule has 1 fully saturated rings. The Balaban J connectivity index is 2.25. The van der Waals surface area contributed by atoms with E-state index >= 15 is 0 Å². The van der Waals surface area contributed by atoms with Crippen LogP contribution in [0.15, 0.2) is 12.3 Å². The zero-order chi connectivity index (χ0) is 14.0. The van der Waals surface area contributed by atoms with Gasteiger partial charge in [-0.25, -0.2) is 14.2 Å². The Morgan fingerprint density at radius 3 is 2.79 bits per heavy atom. The quantitative estimate of drug-likeness (QED) is 0.813. The zero-order valence-corrected chi connectivity index (χ0v) is 10.5. The third-order valence-corrected chi connectivity index (χ3v) is 4.06. The predicted molar refractivity (Wildman–Crippen MR) is 63.9 cm³/mol. The average Bonchev–Trinajstić information content (AvgIpc) is 2.82. The molecule has 0 saturated carbocycles. The number of thioether (sulfide) groups is 1. The van der Waals surface area contributed by atoms with E-state index in [1.165, 1.54) is 11.8 Å². The van der Waals surface area contributed by atoms with E-state index in [2.05, 4.69) is 10.3 Å². The first-order valence-corrected chi connectivity index (χ1v) is 6.55. The van der Waals surface area contributed by atoms with Crippen molar-refractivity contribution >= 4 is 23.6 Å². The fourth-order valence-corrected chi connectivity index (χ4v) is 3.09. The molecule has 1 unspecified atom stereocenters. The van der Waals surface area contributed by atoms with Crippen LogP contribution in [-0.2, 0) is 4.79 Å². The SMILES string of the molecule is O=C(NC1(C(=O)O)CCSC1)c1ccnc(F)c1F. The Morgan fingerprint density at radius 2 is 2.21 bits per heavy atom. The molecular weight excluding hydrogens is 278 g/mol. The number of carbonyl (C=O) groups is 2. The fraction of sp³-hybridized carbons (Fsp3) is 0.364. The molecule has 0 aliphatic carbocycles. The summed E-state index contributed by atoms with van der Waals surface area (Å²) in [6.07, 6.45) is 1.19. The lowest BCUT2D eigenvalue weighted by Gasteiger charge is -2.24. The summed E-state index contributed by atoms with van der Waals surface area (Å²) in [5.41, 5.74) is -1.97. The smallest absolute Gasteiger partial charge is 0.330 e. The van der Waals surface area contributed by atoms with Crippen molar-refractivity contribution in [1.29, 1.82) is 0 Å². The maximum absolute atomic E-state index is 13.4. The number of amides is 1. The van der Waals surface area contributed by atoms with Gasteiger partial charge in [0.05, 0.1) is 5.56 Å². The van der Waals surface area contributed by atoms with Crippen LogP contribution in [0.1, 0.15) is 16.8 Å². The van der Waals surface area contributed by atoms with Crippen molar-refractivity contribution in [3.63, 3.8) is 0 Å². The summed E-state index contributed by atoms with van der Waals surface area (Å²) in [5.74, 6) is -4.13. The lowest BCUT2D eigenvalue weighted by atomic mass is 9.98. The van der Waals surface area contributed by atoms with Gasteiger partial charge < -0.3 is 10.4 Å². The van der Waals surface area contributed by atoms with E-state index in [1.54, 1.807) is 0 Å². The number of nitrogens with one attached hydrogen (secondary N) is 1. The Labute approximate surface area is 111 Å². The van der Waals surface area contributed by atoms with Gasteiger partial charge in [0.25, 0.3) is 5.91 Å². The van der Waals surface area contributed by atoms with E-state index in [0.717, 1.165) is 12.3 Å². The number of rotatable bonds is 3. The molecule has 1 aromatic heterocycles. The van der Waals surface area contributed by atoms with Gasteiger partial charge in [0.1, 0.15) is 5.54 Å². The van der Waals surface area contributed by atoms with Crippen molar-refractivity contribution in [2.24, 2.45) is 0 Å². The minimum Gasteiger partial charge on any atom is -0.479 e. The van der Waals surface area contributed by atoms with Gasteiger partial charge in [-0.3, -0.25) is 4.79 Å². The van der Waals surface area contributed by atoms with Gasteiger partial charge in [-0.1, -0.05) is 0 Å². The summed E-state index contributed by atoms with van der Waals surface area (Å²) in [5, 5.41) is 11.5. The highest BCUT2D eigenvalue weighted by Crippen LogP contribution is 2.28. The van der Waals surface area contributed by atoms with E-state index < -0.39 is 34.7 Å². The van der Waals surface area contributed by atoms with Crippen LogP contribution in [0.5, 0.6) is 0 Å². The van der Waals surface area contributed by atoms with Gasteiger partial charge >= 0.3 is 5.97 Å². The van der Waals surface area contributed by atoms with Crippen LogP contribution >= 0.6 is 11.8 Å². The fourth-order valence-electron chi connectivity index (χ4n) is 1.76. The second-order valence-corrected chi connectivity index (χ2v) is 5.21. The molecule has 1 aromatic rings. The molecule has 0 spiro atoms. The molecule has 5 nitrogen and oxygen atoms in total. The third kappa shape index (κ3) is 2.53. The second kappa shape index (κ2) is 5.12. The highest BCUT2D eigenvalue weighted by atomic mass is 32.2. The van der Waals surface area contributed by atoms with Crippen LogP contribution in [0.25, 0.3) is 0 Å². The monoisotopic (exact) mass is 288 g/mol. The number of aromatic nitrogens is 1. The molecular formula is C11H10F2N2O3S. The largest absolute Gasteiger partial charge is 0.479 e. The van der Waals surface area contributed by atoms with E-state index in [4.69, 9.17) is 0 Å². The Hall–Kier alpha value is -1.70. The molecule has 1 aliphatic rings. The van der Waals surface area contributed by atoms with Gasteiger partial charge in [-0.15, -0.1) is 0 Å². The molecule has 0 radical (unpaired) electrons. The first-order chi connectivity index (χ1) is 8.96. The summed E-state index contributed by atoms with van der Waals surface area (Å²) in [7, 11) is 0. The van der Waals surface area contributed by atoms with Gasteiger partial charge in [0.15, 0.2) is 5.82 Å². The van der Waals surface area contributed by atoms with Crippen molar-refractivity contribution < 1.29 is 23.5 Å². The van der Waals surface area contributed by atoms with Gasteiger partial charge in [-0.05, 0) is 18.2 Å². The topological polar surface area (TPSA) is 79.3 Å². The van der Waals surface area contributed by atoms with Crippen molar-refractivity contribution in [2.45, 2.75) is 12.0 Å². The maximum Gasteiger partial charge on any atom is 0.330 e. The summed E-state index contributed by atoms with van der Waals surface area (Å²) in [4.78, 5) is 26.2. The van der Waals surface area contributed by atoms with Crippen molar-refractivity contribution in [2.75, 3.05) is 11.5 Å². The highest BCUT2D eigenvalue weighted by Gasteiger charge is 2.43. The van der Waals surface area contributed by atoms with E-state index in [0.29, 0.717) is 5.75 Å². The minimum absolute atomic E-state index is 0.198. The zero-order valence-electron chi connectivity index (χ0n) is 9.65. The summed E-state index contributed by atoms with van der Waals surface area (Å²) in [6, 6.07) is 1.01. The van der Waals surface area contributed by atoms with Gasteiger partial charge in [0.2, 0.25) is 5.95 Å². The summed E-state index contributed by atoms with van der Waals surface area (Å²) >= 11 is 1.38. The van der Waals surface area contributed by atoms with E-state index in [1.807, 2.05) is 0 Å². The molecule has 1 atom stereocenters. The van der Waals surface area contributed by atoms with Crippen LogP contribution < -0.4 is 5.32 Å². The number of carbonyl (C=O) groups excluding carboxylic acids is 1. The molecule has 0 bridgehead atoms. The molecule has 1 saturated heterocycles. The standard InChI is InChI=1S/C11H10F2N2O3S/c12-7-6(1-3-14-8(7)13)9(16)15-11(10(17)18)2-4-19-5-11/h1,3H,2,4-5H2,(H,15,16)(H,17,18). The molecule has 2 heterocycles. The molecule has 19 heavy (non-hydrogen) atoms. The van der Waals surface area contributed by atoms with Crippen LogP contribution in [0.2, 0.25) is 0 Å². The minimum atomic E-state index is -1.42. The number of pyridine rings is 1. The molecule has 2 rings (SSSR count). The van der Waals surface area contributed by atoms with Crippen molar-refractivity contribution in [3.8, 4) is 0 Å². The third-order valence-electron chi connectivity index (χ3n) is 2.88. The molecule has 2 N–H and O–H groups in total. The lowest BCUT2D eigenvalue weighted by molar-refractivity contribution is -0.143. The number of hydrogen-bond donors (Lipinski definition) is 2. The van der Waals surface area contributed by atoms with Gasteiger partial charge in [-0.2, -0.15) is 16.2 Å². The predicted octanol–water partition coefficient (Wildman–Crippen LogP) is 1.05. The Bertz CT molecular complexity index is 533. The first-order valence-electron chi connectivity index (χ1n) is 5.40. The molecule has 1 amide bonds. The lowest BCUT2D eigenvalue weighted by Crippen LogP contribution is -2.54. The van der Waals surface area contributed by atoms with Crippen LogP contribution in [0, 0.1) is 11.8 Å². The number of carboxylic acids is 1. The van der Waals surface area contributed by atoms with Crippen LogP contribution in [0.3, 0.4) is 0 Å². The van der Waals surface area contributed by atoms with E-state index in [9.17, 15) is 23.5 Å².